The zero-order chi connectivity index (χ0) is 13.8. The van der Waals surface area contributed by atoms with Gasteiger partial charge in [-0.3, -0.25) is 10.2 Å². The predicted molar refractivity (Wildman–Crippen MR) is 82.2 cm³/mol. The van der Waals surface area contributed by atoms with Crippen molar-refractivity contribution in [2.45, 2.75) is 13.8 Å². The van der Waals surface area contributed by atoms with Gasteiger partial charge >= 0.3 is 0 Å². The molecule has 2 rings (SSSR count). The lowest BCUT2D eigenvalue weighted by Gasteiger charge is -1.95. The maximum absolute atomic E-state index is 11.3. The minimum atomic E-state index is 0.0269. The van der Waals surface area contributed by atoms with Gasteiger partial charge < -0.3 is 0 Å². The topological polar surface area (TPSA) is 54.4 Å². The smallest absolute Gasteiger partial charge is 0.204 e. The Labute approximate surface area is 123 Å². The summed E-state index contributed by atoms with van der Waals surface area (Å²) in [5.74, 6) is 0.0269. The molecule has 0 aliphatic rings. The third-order valence-corrected chi connectivity index (χ3v) is 4.00. The first-order chi connectivity index (χ1) is 9.06. The molecule has 2 aromatic rings. The minimum absolute atomic E-state index is 0.0269. The average molecular weight is 338 g/mol. The standard InChI is InChI=1S/C13H12BrN3OS/c1-8-12(9(2)18)19-13(16-8)17-15-7-10-4-3-5-11(14)6-10/h3-7H,1-2H3,(H,16,17)/b15-7+. The van der Waals surface area contributed by atoms with Gasteiger partial charge in [0.25, 0.3) is 0 Å². The van der Waals surface area contributed by atoms with Crippen molar-refractivity contribution in [2.75, 3.05) is 5.43 Å². The van der Waals surface area contributed by atoms with E-state index in [0.717, 1.165) is 15.7 Å². The number of ketones is 1. The van der Waals surface area contributed by atoms with E-state index in [1.165, 1.54) is 18.3 Å². The largest absolute Gasteiger partial charge is 0.294 e. The number of aryl methyl sites for hydroxylation is 1. The highest BCUT2D eigenvalue weighted by Crippen LogP contribution is 2.22. The summed E-state index contributed by atoms with van der Waals surface area (Å²) in [6.45, 7) is 3.35. The number of benzene rings is 1. The van der Waals surface area contributed by atoms with Crippen molar-refractivity contribution in [1.82, 2.24) is 4.98 Å². The zero-order valence-corrected chi connectivity index (χ0v) is 12.9. The molecule has 1 aromatic heterocycles. The summed E-state index contributed by atoms with van der Waals surface area (Å²) in [5.41, 5.74) is 4.55. The molecule has 0 saturated carbocycles. The molecule has 1 heterocycles. The molecule has 0 saturated heterocycles. The number of carbonyl (C=O) groups is 1. The number of hydrogen-bond acceptors (Lipinski definition) is 5. The average Bonchev–Trinajstić information content (AvgIpc) is 2.71. The molecule has 98 valence electrons. The lowest BCUT2D eigenvalue weighted by Crippen LogP contribution is -1.90. The van der Waals surface area contributed by atoms with Crippen LogP contribution < -0.4 is 5.43 Å². The summed E-state index contributed by atoms with van der Waals surface area (Å²) in [7, 11) is 0. The molecule has 1 N–H and O–H groups in total. The molecule has 0 unspecified atom stereocenters. The molecule has 0 radical (unpaired) electrons. The summed E-state index contributed by atoms with van der Waals surface area (Å²) in [5, 5.41) is 4.73. The van der Waals surface area contributed by atoms with Crippen molar-refractivity contribution in [3.8, 4) is 0 Å². The number of carbonyl (C=O) groups excluding carboxylic acids is 1. The highest BCUT2D eigenvalue weighted by Gasteiger charge is 2.10. The van der Waals surface area contributed by atoms with Crippen LogP contribution in [0.15, 0.2) is 33.8 Å². The van der Waals surface area contributed by atoms with Crippen LogP contribution in [0.25, 0.3) is 0 Å². The number of Topliss-reactive ketones (excluding diaryl/α,β-unsaturated/α-hetero) is 1. The number of hydrogen-bond donors (Lipinski definition) is 1. The van der Waals surface area contributed by atoms with E-state index >= 15 is 0 Å². The van der Waals surface area contributed by atoms with Crippen LogP contribution in [0.4, 0.5) is 5.13 Å². The number of aromatic nitrogens is 1. The van der Waals surface area contributed by atoms with E-state index in [-0.39, 0.29) is 5.78 Å². The molecule has 4 nitrogen and oxygen atoms in total. The number of thiazole rings is 1. The van der Waals surface area contributed by atoms with E-state index in [0.29, 0.717) is 10.0 Å². The summed E-state index contributed by atoms with van der Waals surface area (Å²) in [6, 6.07) is 7.80. The first-order valence-electron chi connectivity index (χ1n) is 5.59. The quantitative estimate of drug-likeness (QED) is 0.523. The maximum Gasteiger partial charge on any atom is 0.204 e. The number of rotatable bonds is 4. The van der Waals surface area contributed by atoms with E-state index in [9.17, 15) is 4.79 Å². The maximum atomic E-state index is 11.3. The molecule has 0 bridgehead atoms. The van der Waals surface area contributed by atoms with Crippen molar-refractivity contribution in [2.24, 2.45) is 5.10 Å². The fourth-order valence-electron chi connectivity index (χ4n) is 1.52. The number of halogens is 1. The number of nitrogens with zero attached hydrogens (tertiary/aromatic N) is 2. The van der Waals surface area contributed by atoms with E-state index < -0.39 is 0 Å². The van der Waals surface area contributed by atoms with Gasteiger partial charge in [-0.05, 0) is 24.6 Å². The van der Waals surface area contributed by atoms with Crippen LogP contribution in [0.5, 0.6) is 0 Å². The molecule has 0 fully saturated rings. The summed E-state index contributed by atoms with van der Waals surface area (Å²) >= 11 is 4.71. The summed E-state index contributed by atoms with van der Waals surface area (Å²) in [4.78, 5) is 16.2. The summed E-state index contributed by atoms with van der Waals surface area (Å²) in [6.07, 6.45) is 1.70. The van der Waals surface area contributed by atoms with E-state index in [1.54, 1.807) is 6.21 Å². The van der Waals surface area contributed by atoms with Gasteiger partial charge in [0.15, 0.2) is 5.78 Å². The molecule has 0 amide bonds. The normalized spacial score (nSPS) is 10.9. The molecule has 1 aromatic carbocycles. The molecule has 6 heteroatoms. The first kappa shape index (κ1) is 13.9. The Morgan fingerprint density at radius 1 is 1.53 bits per heavy atom. The Balaban J connectivity index is 2.06. The highest BCUT2D eigenvalue weighted by molar-refractivity contribution is 9.10. The van der Waals surface area contributed by atoms with Crippen molar-refractivity contribution in [3.05, 3.63) is 44.9 Å². The van der Waals surface area contributed by atoms with Crippen molar-refractivity contribution >= 4 is 44.4 Å². The van der Waals surface area contributed by atoms with E-state index in [1.807, 2.05) is 31.2 Å². The number of anilines is 1. The van der Waals surface area contributed by atoms with Crippen molar-refractivity contribution in [3.63, 3.8) is 0 Å². The predicted octanol–water partition coefficient (Wildman–Crippen LogP) is 3.86. The Bertz CT molecular complexity index is 637. The van der Waals surface area contributed by atoms with Crippen LogP contribution in [0, 0.1) is 6.92 Å². The van der Waals surface area contributed by atoms with Gasteiger partial charge in [0.05, 0.1) is 16.8 Å². The first-order valence-corrected chi connectivity index (χ1v) is 7.20. The van der Waals surface area contributed by atoms with Gasteiger partial charge in [-0.25, -0.2) is 4.98 Å². The fourth-order valence-corrected chi connectivity index (χ4v) is 2.75. The lowest BCUT2D eigenvalue weighted by molar-refractivity contribution is 0.102. The van der Waals surface area contributed by atoms with Crippen LogP contribution >= 0.6 is 27.3 Å². The number of nitrogens with one attached hydrogen (secondary N) is 1. The SMILES string of the molecule is CC(=O)c1sc(N/N=C/c2cccc(Br)c2)nc1C. The van der Waals surface area contributed by atoms with Crippen LogP contribution in [-0.4, -0.2) is 17.0 Å². The molecule has 19 heavy (non-hydrogen) atoms. The second-order valence-electron chi connectivity index (χ2n) is 3.91. The van der Waals surface area contributed by atoms with Gasteiger partial charge in [0.2, 0.25) is 5.13 Å². The minimum Gasteiger partial charge on any atom is -0.294 e. The fraction of sp³-hybridized carbons (Fsp3) is 0.154. The van der Waals surface area contributed by atoms with Crippen LogP contribution in [0.2, 0.25) is 0 Å². The second kappa shape index (κ2) is 6.08. The highest BCUT2D eigenvalue weighted by atomic mass is 79.9. The van der Waals surface area contributed by atoms with Crippen LogP contribution in [-0.2, 0) is 0 Å². The van der Waals surface area contributed by atoms with Crippen molar-refractivity contribution in [1.29, 1.82) is 0 Å². The molecule has 0 spiro atoms. The third-order valence-electron chi connectivity index (χ3n) is 2.34. The van der Waals surface area contributed by atoms with Gasteiger partial charge in [0.1, 0.15) is 0 Å². The van der Waals surface area contributed by atoms with Gasteiger partial charge in [-0.2, -0.15) is 5.10 Å². The Hall–Kier alpha value is -1.53. The van der Waals surface area contributed by atoms with Crippen LogP contribution in [0.3, 0.4) is 0 Å². The Kier molecular flexibility index (Phi) is 4.44. The zero-order valence-electron chi connectivity index (χ0n) is 10.5. The van der Waals surface area contributed by atoms with E-state index in [4.69, 9.17) is 0 Å². The lowest BCUT2D eigenvalue weighted by atomic mass is 10.2. The number of hydrazone groups is 1. The molecule has 0 aliphatic heterocycles. The Morgan fingerprint density at radius 3 is 2.95 bits per heavy atom. The second-order valence-corrected chi connectivity index (χ2v) is 5.83. The monoisotopic (exact) mass is 337 g/mol. The molecular formula is C13H12BrN3OS. The van der Waals surface area contributed by atoms with Crippen LogP contribution in [0.1, 0.15) is 27.9 Å². The van der Waals surface area contributed by atoms with Gasteiger partial charge in [0, 0.05) is 11.4 Å². The summed E-state index contributed by atoms with van der Waals surface area (Å²) < 4.78 is 1.00. The van der Waals surface area contributed by atoms with Gasteiger partial charge in [-0.15, -0.1) is 0 Å². The molecule has 0 aliphatic carbocycles. The van der Waals surface area contributed by atoms with Crippen molar-refractivity contribution < 1.29 is 4.79 Å². The molecular weight excluding hydrogens is 326 g/mol. The molecule has 0 atom stereocenters. The van der Waals surface area contributed by atoms with Gasteiger partial charge in [-0.1, -0.05) is 39.4 Å². The Morgan fingerprint density at radius 2 is 2.32 bits per heavy atom. The third kappa shape index (κ3) is 3.71. The van der Waals surface area contributed by atoms with E-state index in [2.05, 4.69) is 31.4 Å².